The minimum Gasteiger partial charge on any atom is -0.444 e. The van der Waals surface area contributed by atoms with Crippen LogP contribution in [0.4, 0.5) is 15.4 Å². The SMILES string of the molecule is CC(C)(C)OC(=O)N1CCC[C@H]1C(=O)Cc1ccc2cc(-c3ccc(NC(=O)[C@@H]4CCCN4C(=O)OC(C)(C)C)nc3)ccc2n1. The Morgan fingerprint density at radius 3 is 2.02 bits per heavy atom. The molecular formula is C35H43N5O6. The minimum atomic E-state index is -0.639. The largest absolute Gasteiger partial charge is 0.444 e. The van der Waals surface area contributed by atoms with E-state index >= 15 is 0 Å². The fraction of sp³-hybridized carbons (Fsp3) is 0.486. The van der Waals surface area contributed by atoms with E-state index in [-0.39, 0.29) is 18.1 Å². The van der Waals surface area contributed by atoms with E-state index in [1.165, 1.54) is 4.90 Å². The van der Waals surface area contributed by atoms with Gasteiger partial charge in [-0.2, -0.15) is 0 Å². The van der Waals surface area contributed by atoms with Crippen LogP contribution in [0.5, 0.6) is 0 Å². The standard InChI is InChI=1S/C35H43N5O6/c1-34(2,3)45-32(43)39-17-7-9-27(39)29(41)20-25-14-11-23-19-22(12-15-26(23)37-25)24-13-16-30(36-21-24)38-31(42)28-10-8-18-40(28)33(44)46-35(4,5)6/h11-16,19,21,27-28H,7-10,17-18,20H2,1-6H3,(H,36,38,42)/t27-,28-/m0/s1. The van der Waals surface area contributed by atoms with Gasteiger partial charge in [0.05, 0.1) is 18.0 Å². The van der Waals surface area contributed by atoms with Gasteiger partial charge in [-0.05, 0) is 103 Å². The van der Waals surface area contributed by atoms with Crippen molar-refractivity contribution < 1.29 is 28.7 Å². The molecule has 3 amide bonds. The summed E-state index contributed by atoms with van der Waals surface area (Å²) in [5.41, 5.74) is 1.93. The van der Waals surface area contributed by atoms with Gasteiger partial charge in [0.15, 0.2) is 5.78 Å². The van der Waals surface area contributed by atoms with E-state index in [2.05, 4.69) is 10.3 Å². The molecule has 244 valence electrons. The summed E-state index contributed by atoms with van der Waals surface area (Å²) in [7, 11) is 0. The number of benzene rings is 1. The molecule has 2 saturated heterocycles. The number of nitrogens with zero attached hydrogens (tertiary/aromatic N) is 4. The van der Waals surface area contributed by atoms with Crippen molar-refractivity contribution in [2.45, 2.75) is 96.9 Å². The maximum Gasteiger partial charge on any atom is 0.410 e. The van der Waals surface area contributed by atoms with Gasteiger partial charge in [0.1, 0.15) is 23.1 Å². The first-order chi connectivity index (χ1) is 21.7. The van der Waals surface area contributed by atoms with Gasteiger partial charge < -0.3 is 14.8 Å². The van der Waals surface area contributed by atoms with E-state index in [1.54, 1.807) is 37.9 Å². The first-order valence-electron chi connectivity index (χ1n) is 15.9. The third kappa shape index (κ3) is 7.99. The number of rotatable bonds is 6. The van der Waals surface area contributed by atoms with Crippen LogP contribution in [0, 0.1) is 0 Å². The molecule has 46 heavy (non-hydrogen) atoms. The van der Waals surface area contributed by atoms with Crippen LogP contribution in [-0.4, -0.2) is 80.0 Å². The van der Waals surface area contributed by atoms with Crippen molar-refractivity contribution in [1.82, 2.24) is 19.8 Å². The molecule has 1 N–H and O–H groups in total. The maximum atomic E-state index is 13.2. The number of ether oxygens (including phenoxy) is 2. The molecule has 0 radical (unpaired) electrons. The van der Waals surface area contributed by atoms with Gasteiger partial charge in [-0.25, -0.2) is 14.6 Å². The molecule has 2 aliphatic rings. The van der Waals surface area contributed by atoms with Gasteiger partial charge in [-0.3, -0.25) is 24.4 Å². The number of ketones is 1. The first-order valence-corrected chi connectivity index (χ1v) is 15.9. The van der Waals surface area contributed by atoms with Gasteiger partial charge in [0.25, 0.3) is 0 Å². The molecule has 0 aliphatic carbocycles. The molecule has 0 unspecified atom stereocenters. The highest BCUT2D eigenvalue weighted by molar-refractivity contribution is 5.96. The average molecular weight is 630 g/mol. The van der Waals surface area contributed by atoms with Crippen LogP contribution in [0.2, 0.25) is 0 Å². The first kappa shape index (κ1) is 32.8. The molecule has 0 bridgehead atoms. The number of pyridine rings is 2. The van der Waals surface area contributed by atoms with E-state index in [0.717, 1.165) is 34.9 Å². The zero-order chi connectivity index (χ0) is 33.2. The van der Waals surface area contributed by atoms with Crippen LogP contribution in [0.25, 0.3) is 22.0 Å². The van der Waals surface area contributed by atoms with E-state index in [1.807, 2.05) is 57.2 Å². The topological polar surface area (TPSA) is 131 Å². The van der Waals surface area contributed by atoms with Crippen molar-refractivity contribution in [2.75, 3.05) is 18.4 Å². The van der Waals surface area contributed by atoms with Crippen LogP contribution >= 0.6 is 0 Å². The molecule has 2 aliphatic heterocycles. The number of aromatic nitrogens is 2. The van der Waals surface area contributed by atoms with Gasteiger partial charge in [0.2, 0.25) is 5.91 Å². The lowest BCUT2D eigenvalue weighted by molar-refractivity contribution is -0.122. The Kier molecular flexibility index (Phi) is 9.32. The molecule has 0 saturated carbocycles. The molecule has 1 aromatic carbocycles. The monoisotopic (exact) mass is 629 g/mol. The number of hydrogen-bond acceptors (Lipinski definition) is 8. The number of hydrogen-bond donors (Lipinski definition) is 1. The Morgan fingerprint density at radius 2 is 1.41 bits per heavy atom. The fourth-order valence-electron chi connectivity index (χ4n) is 5.81. The van der Waals surface area contributed by atoms with Gasteiger partial charge in [0, 0.05) is 35.9 Å². The summed E-state index contributed by atoms with van der Waals surface area (Å²) in [6.07, 6.45) is 3.56. The summed E-state index contributed by atoms with van der Waals surface area (Å²) in [4.78, 5) is 63.6. The molecule has 11 heteroatoms. The Labute approximate surface area is 269 Å². The van der Waals surface area contributed by atoms with E-state index in [0.29, 0.717) is 37.4 Å². The molecular weight excluding hydrogens is 586 g/mol. The summed E-state index contributed by atoms with van der Waals surface area (Å²) in [5, 5.41) is 3.74. The third-order valence-electron chi connectivity index (χ3n) is 7.89. The van der Waals surface area contributed by atoms with Crippen molar-refractivity contribution >= 4 is 40.6 Å². The molecule has 5 rings (SSSR count). The van der Waals surface area contributed by atoms with E-state index in [9.17, 15) is 19.2 Å². The highest BCUT2D eigenvalue weighted by atomic mass is 16.6. The lowest BCUT2D eigenvalue weighted by atomic mass is 10.0. The Balaban J connectivity index is 1.21. The second-order valence-electron chi connectivity index (χ2n) is 13.9. The summed E-state index contributed by atoms with van der Waals surface area (Å²) in [6, 6.07) is 12.1. The Bertz CT molecular complexity index is 1630. The fourth-order valence-corrected chi connectivity index (χ4v) is 5.81. The van der Waals surface area contributed by atoms with Crippen molar-refractivity contribution in [1.29, 1.82) is 0 Å². The third-order valence-corrected chi connectivity index (χ3v) is 7.89. The maximum absolute atomic E-state index is 13.2. The van der Waals surface area contributed by atoms with Crippen LogP contribution in [-0.2, 0) is 25.5 Å². The number of Topliss-reactive ketones (excluding diaryl/α,β-unsaturated/α-hetero) is 1. The number of anilines is 1. The van der Waals surface area contributed by atoms with Gasteiger partial charge in [-0.1, -0.05) is 12.1 Å². The van der Waals surface area contributed by atoms with Crippen LogP contribution in [0.3, 0.4) is 0 Å². The number of nitrogens with one attached hydrogen (secondary N) is 1. The van der Waals surface area contributed by atoms with E-state index < -0.39 is 35.5 Å². The number of carbonyl (C=O) groups excluding carboxylic acids is 4. The Morgan fingerprint density at radius 1 is 0.804 bits per heavy atom. The second kappa shape index (κ2) is 13.1. The predicted octanol–water partition coefficient (Wildman–Crippen LogP) is 6.15. The van der Waals surface area contributed by atoms with Crippen molar-refractivity contribution in [3.05, 3.63) is 54.4 Å². The van der Waals surface area contributed by atoms with Crippen LogP contribution in [0.15, 0.2) is 48.7 Å². The lowest BCUT2D eigenvalue weighted by Crippen LogP contribution is -2.45. The van der Waals surface area contributed by atoms with Gasteiger partial charge >= 0.3 is 12.2 Å². The highest BCUT2D eigenvalue weighted by Gasteiger charge is 2.37. The number of amides is 3. The number of carbonyl (C=O) groups is 4. The zero-order valence-electron chi connectivity index (χ0n) is 27.5. The zero-order valence-corrected chi connectivity index (χ0v) is 27.5. The average Bonchev–Trinajstić information content (AvgIpc) is 3.66. The van der Waals surface area contributed by atoms with Crippen molar-refractivity contribution in [3.63, 3.8) is 0 Å². The summed E-state index contributed by atoms with van der Waals surface area (Å²) >= 11 is 0. The molecule has 0 spiro atoms. The second-order valence-corrected chi connectivity index (χ2v) is 13.9. The molecule has 2 aromatic heterocycles. The number of fused-ring (bicyclic) bond motifs is 1. The lowest BCUT2D eigenvalue weighted by Gasteiger charge is -2.28. The Hall–Kier alpha value is -4.54. The smallest absolute Gasteiger partial charge is 0.410 e. The summed E-state index contributed by atoms with van der Waals surface area (Å²) in [5.74, 6) is 0.0600. The molecule has 11 nitrogen and oxygen atoms in total. The van der Waals surface area contributed by atoms with Gasteiger partial charge in [-0.15, -0.1) is 0 Å². The number of likely N-dealkylation sites (tertiary alicyclic amines) is 2. The molecule has 3 aromatic rings. The molecule has 2 fully saturated rings. The summed E-state index contributed by atoms with van der Waals surface area (Å²) < 4.78 is 11.0. The molecule has 2 atom stereocenters. The molecule has 4 heterocycles. The van der Waals surface area contributed by atoms with E-state index in [4.69, 9.17) is 14.5 Å². The van der Waals surface area contributed by atoms with Crippen LogP contribution in [0.1, 0.15) is 72.9 Å². The summed E-state index contributed by atoms with van der Waals surface area (Å²) in [6.45, 7) is 11.8. The normalized spacial score (nSPS) is 18.5. The van der Waals surface area contributed by atoms with Crippen molar-refractivity contribution in [3.8, 4) is 11.1 Å². The quantitative estimate of drug-likeness (QED) is 0.344. The predicted molar refractivity (Wildman–Crippen MR) is 174 cm³/mol. The van der Waals surface area contributed by atoms with Crippen LogP contribution < -0.4 is 5.32 Å². The highest BCUT2D eigenvalue weighted by Crippen LogP contribution is 2.27. The van der Waals surface area contributed by atoms with Crippen molar-refractivity contribution in [2.24, 2.45) is 0 Å². The minimum absolute atomic E-state index is 0.0458.